The topological polar surface area (TPSA) is 17.1 Å². The molecule has 0 heterocycles. The first-order chi connectivity index (χ1) is 6.56. The summed E-state index contributed by atoms with van der Waals surface area (Å²) in [6, 6.07) is 5.42. The Hall–Kier alpha value is -0.0900. The zero-order valence-electron chi connectivity index (χ0n) is 8.18. The van der Waals surface area contributed by atoms with Gasteiger partial charge in [0.05, 0.1) is 0 Å². The largest absolute Gasteiger partial charge is 0.294 e. The first-order valence-corrected chi connectivity index (χ1v) is 6.01. The first-order valence-electron chi connectivity index (χ1n) is 4.55. The van der Waals surface area contributed by atoms with E-state index in [1.54, 1.807) is 12.1 Å². The highest BCUT2D eigenvalue weighted by atomic mass is 127. The Kier molecular flexibility index (Phi) is 4.38. The van der Waals surface area contributed by atoms with Gasteiger partial charge in [-0.15, -0.1) is 0 Å². The van der Waals surface area contributed by atoms with E-state index < -0.39 is 0 Å². The van der Waals surface area contributed by atoms with Crippen LogP contribution in [0.5, 0.6) is 0 Å². The van der Waals surface area contributed by atoms with Gasteiger partial charge in [0.15, 0.2) is 5.78 Å². The number of hydrogen-bond donors (Lipinski definition) is 0. The van der Waals surface area contributed by atoms with Crippen LogP contribution in [0.1, 0.15) is 30.6 Å². The number of rotatable bonds is 3. The summed E-state index contributed by atoms with van der Waals surface area (Å²) in [5.41, 5.74) is 0.743. The molecule has 1 atom stereocenters. The highest BCUT2D eigenvalue weighted by Crippen LogP contribution is 2.21. The summed E-state index contributed by atoms with van der Waals surface area (Å²) in [5, 5.41) is 0.622. The van der Waals surface area contributed by atoms with Crippen LogP contribution in [0, 0.1) is 9.49 Å². The molecule has 0 aliphatic carbocycles. The van der Waals surface area contributed by atoms with Crippen molar-refractivity contribution in [2.24, 2.45) is 5.92 Å². The number of halogens is 2. The summed E-state index contributed by atoms with van der Waals surface area (Å²) in [6.45, 7) is 3.96. The van der Waals surface area contributed by atoms with Crippen molar-refractivity contribution >= 4 is 40.0 Å². The van der Waals surface area contributed by atoms with Crippen molar-refractivity contribution in [1.29, 1.82) is 0 Å². The van der Waals surface area contributed by atoms with Gasteiger partial charge in [0.2, 0.25) is 0 Å². The molecule has 0 fully saturated rings. The lowest BCUT2D eigenvalue weighted by molar-refractivity contribution is 0.0926. The number of benzene rings is 1. The SMILES string of the molecule is CCC(C)C(=O)c1cc(Cl)ccc1I. The number of carbonyl (C=O) groups excluding carboxylic acids is 1. The van der Waals surface area contributed by atoms with Crippen LogP contribution in [-0.4, -0.2) is 5.78 Å². The minimum atomic E-state index is 0.0713. The van der Waals surface area contributed by atoms with Gasteiger partial charge in [0.1, 0.15) is 0 Å². The zero-order valence-corrected chi connectivity index (χ0v) is 11.1. The van der Waals surface area contributed by atoms with Crippen LogP contribution in [0.25, 0.3) is 0 Å². The Balaban J connectivity index is 3.06. The molecule has 0 N–H and O–H groups in total. The number of hydrogen-bond acceptors (Lipinski definition) is 1. The van der Waals surface area contributed by atoms with Crippen molar-refractivity contribution in [2.75, 3.05) is 0 Å². The smallest absolute Gasteiger partial charge is 0.166 e. The van der Waals surface area contributed by atoms with Crippen molar-refractivity contribution in [2.45, 2.75) is 20.3 Å². The van der Waals surface area contributed by atoms with Crippen molar-refractivity contribution in [3.8, 4) is 0 Å². The zero-order chi connectivity index (χ0) is 10.7. The molecule has 1 unspecified atom stereocenters. The molecule has 0 aliphatic rings. The quantitative estimate of drug-likeness (QED) is 0.603. The second kappa shape index (κ2) is 5.12. The number of carbonyl (C=O) groups is 1. The van der Waals surface area contributed by atoms with E-state index in [0.717, 1.165) is 15.6 Å². The third-order valence-electron chi connectivity index (χ3n) is 2.25. The van der Waals surface area contributed by atoms with E-state index in [2.05, 4.69) is 22.6 Å². The molecule has 0 aliphatic heterocycles. The molecular formula is C11H12ClIO. The number of Topliss-reactive ketones (excluding diaryl/α,β-unsaturated/α-hetero) is 1. The molecule has 0 saturated carbocycles. The fourth-order valence-corrected chi connectivity index (χ4v) is 1.91. The predicted octanol–water partition coefficient (Wildman–Crippen LogP) is 4.17. The summed E-state index contributed by atoms with van der Waals surface area (Å²) < 4.78 is 0.970. The summed E-state index contributed by atoms with van der Waals surface area (Å²) in [7, 11) is 0. The molecule has 0 spiro atoms. The lowest BCUT2D eigenvalue weighted by atomic mass is 9.97. The highest BCUT2D eigenvalue weighted by Gasteiger charge is 2.16. The molecule has 76 valence electrons. The molecule has 0 saturated heterocycles. The van der Waals surface area contributed by atoms with Gasteiger partial charge in [0.25, 0.3) is 0 Å². The van der Waals surface area contributed by atoms with Crippen molar-refractivity contribution in [1.82, 2.24) is 0 Å². The average molecular weight is 323 g/mol. The van der Waals surface area contributed by atoms with E-state index in [1.807, 2.05) is 19.9 Å². The Morgan fingerprint density at radius 3 is 2.79 bits per heavy atom. The molecule has 0 amide bonds. The molecule has 1 nitrogen and oxygen atoms in total. The van der Waals surface area contributed by atoms with Gasteiger partial charge in [-0.05, 0) is 47.2 Å². The van der Waals surface area contributed by atoms with E-state index in [9.17, 15) is 4.79 Å². The van der Waals surface area contributed by atoms with E-state index in [-0.39, 0.29) is 11.7 Å². The van der Waals surface area contributed by atoms with E-state index in [4.69, 9.17) is 11.6 Å². The van der Waals surface area contributed by atoms with Crippen molar-refractivity contribution in [3.05, 3.63) is 32.4 Å². The molecule has 1 aromatic carbocycles. The molecule has 0 bridgehead atoms. The predicted molar refractivity (Wildman–Crippen MR) is 68.0 cm³/mol. The second-order valence-corrected chi connectivity index (χ2v) is 4.90. The maximum absolute atomic E-state index is 11.9. The minimum Gasteiger partial charge on any atom is -0.294 e. The van der Waals surface area contributed by atoms with E-state index in [1.165, 1.54) is 0 Å². The third kappa shape index (κ3) is 2.70. The van der Waals surface area contributed by atoms with Gasteiger partial charge < -0.3 is 0 Å². The summed E-state index contributed by atoms with van der Waals surface area (Å²) in [5.74, 6) is 0.251. The Morgan fingerprint density at radius 2 is 2.21 bits per heavy atom. The van der Waals surface area contributed by atoms with Gasteiger partial charge in [-0.2, -0.15) is 0 Å². The van der Waals surface area contributed by atoms with Crippen LogP contribution in [-0.2, 0) is 0 Å². The monoisotopic (exact) mass is 322 g/mol. The minimum absolute atomic E-state index is 0.0713. The normalized spacial score (nSPS) is 12.6. The Bertz CT molecular complexity index is 349. The lowest BCUT2D eigenvalue weighted by Gasteiger charge is -2.09. The van der Waals surface area contributed by atoms with E-state index >= 15 is 0 Å². The standard InChI is InChI=1S/C11H12ClIO/c1-3-7(2)11(14)9-6-8(12)4-5-10(9)13/h4-7H,3H2,1-2H3. The summed E-state index contributed by atoms with van der Waals surface area (Å²) in [6.07, 6.45) is 0.863. The maximum atomic E-state index is 11.9. The lowest BCUT2D eigenvalue weighted by Crippen LogP contribution is -2.11. The Labute approximate surface area is 103 Å². The molecule has 0 radical (unpaired) electrons. The van der Waals surface area contributed by atoms with Crippen LogP contribution >= 0.6 is 34.2 Å². The van der Waals surface area contributed by atoms with Gasteiger partial charge in [-0.1, -0.05) is 25.4 Å². The molecule has 1 aromatic rings. The van der Waals surface area contributed by atoms with Gasteiger partial charge in [-0.25, -0.2) is 0 Å². The molecule has 0 aromatic heterocycles. The highest BCUT2D eigenvalue weighted by molar-refractivity contribution is 14.1. The van der Waals surface area contributed by atoms with E-state index in [0.29, 0.717) is 5.02 Å². The average Bonchev–Trinajstić information content (AvgIpc) is 2.19. The second-order valence-electron chi connectivity index (χ2n) is 3.30. The fourth-order valence-electron chi connectivity index (χ4n) is 1.14. The van der Waals surface area contributed by atoms with Crippen LogP contribution in [0.15, 0.2) is 18.2 Å². The molecule has 3 heteroatoms. The van der Waals surface area contributed by atoms with Crippen LogP contribution in [0.3, 0.4) is 0 Å². The molecule has 14 heavy (non-hydrogen) atoms. The van der Waals surface area contributed by atoms with Crippen molar-refractivity contribution < 1.29 is 4.79 Å². The van der Waals surface area contributed by atoms with Gasteiger partial charge >= 0.3 is 0 Å². The van der Waals surface area contributed by atoms with Crippen LogP contribution < -0.4 is 0 Å². The van der Waals surface area contributed by atoms with Gasteiger partial charge in [0, 0.05) is 20.1 Å². The Morgan fingerprint density at radius 1 is 1.57 bits per heavy atom. The van der Waals surface area contributed by atoms with Crippen molar-refractivity contribution in [3.63, 3.8) is 0 Å². The summed E-state index contributed by atoms with van der Waals surface area (Å²) >= 11 is 8.02. The summed E-state index contributed by atoms with van der Waals surface area (Å²) in [4.78, 5) is 11.9. The number of ketones is 1. The van der Waals surface area contributed by atoms with Crippen LogP contribution in [0.4, 0.5) is 0 Å². The third-order valence-corrected chi connectivity index (χ3v) is 3.43. The maximum Gasteiger partial charge on any atom is 0.166 e. The van der Waals surface area contributed by atoms with Gasteiger partial charge in [-0.3, -0.25) is 4.79 Å². The molecular weight excluding hydrogens is 310 g/mol. The fraction of sp³-hybridized carbons (Fsp3) is 0.364. The van der Waals surface area contributed by atoms with Crippen LogP contribution in [0.2, 0.25) is 5.02 Å². The first kappa shape index (κ1) is 12.0. The molecule has 1 rings (SSSR count).